The zero-order valence-corrected chi connectivity index (χ0v) is 19.2. The van der Waals surface area contributed by atoms with E-state index in [-0.39, 0.29) is 16.3 Å². The van der Waals surface area contributed by atoms with E-state index in [9.17, 15) is 23.3 Å². The van der Waals surface area contributed by atoms with Crippen LogP contribution in [0.4, 0.5) is 11.4 Å². The number of non-ortho nitro benzene ring substituents is 1. The highest BCUT2D eigenvalue weighted by atomic mass is 32.2. The largest absolute Gasteiger partial charge is 0.378 e. The Kier molecular flexibility index (Phi) is 8.79. The van der Waals surface area contributed by atoms with Gasteiger partial charge < -0.3 is 10.1 Å². The number of carbonyl (C=O) groups is 1. The second kappa shape index (κ2) is 11.8. The number of sulfonamides is 1. The fourth-order valence-electron chi connectivity index (χ4n) is 3.74. The Hall–Kier alpha value is -2.98. The first-order valence-electron chi connectivity index (χ1n) is 11.1. The van der Waals surface area contributed by atoms with Crippen molar-refractivity contribution in [2.45, 2.75) is 49.5 Å². The number of anilines is 1. The van der Waals surface area contributed by atoms with E-state index in [1.807, 2.05) is 0 Å². The van der Waals surface area contributed by atoms with E-state index in [0.717, 1.165) is 17.1 Å². The van der Waals surface area contributed by atoms with Crippen molar-refractivity contribution in [3.05, 3.63) is 64.7 Å². The molecule has 1 fully saturated rings. The summed E-state index contributed by atoms with van der Waals surface area (Å²) in [4.78, 5) is 23.0. The third kappa shape index (κ3) is 7.00. The third-order valence-corrected chi connectivity index (χ3v) is 7.30. The van der Waals surface area contributed by atoms with Crippen LogP contribution >= 0.6 is 0 Å². The molecule has 33 heavy (non-hydrogen) atoms. The number of nitro benzene ring substituents is 1. The molecule has 10 heteroatoms. The van der Waals surface area contributed by atoms with Gasteiger partial charge >= 0.3 is 0 Å². The van der Waals surface area contributed by atoms with Crippen molar-refractivity contribution in [3.63, 3.8) is 0 Å². The fourth-order valence-corrected chi connectivity index (χ4v) is 5.19. The number of ether oxygens (including phenoxy) is 1. The Labute approximate surface area is 193 Å². The maximum absolute atomic E-state index is 13.2. The minimum atomic E-state index is -4.05. The predicted octanol–water partition coefficient (Wildman–Crippen LogP) is 3.65. The Morgan fingerprint density at radius 2 is 1.73 bits per heavy atom. The summed E-state index contributed by atoms with van der Waals surface area (Å²) in [5, 5.41) is 13.7. The molecule has 0 spiro atoms. The van der Waals surface area contributed by atoms with Crippen molar-refractivity contribution in [1.82, 2.24) is 5.32 Å². The van der Waals surface area contributed by atoms with Crippen molar-refractivity contribution in [2.24, 2.45) is 0 Å². The number of nitrogens with one attached hydrogen (secondary N) is 1. The first kappa shape index (κ1) is 24.7. The molecule has 0 atom stereocenters. The van der Waals surface area contributed by atoms with E-state index >= 15 is 0 Å². The summed E-state index contributed by atoms with van der Waals surface area (Å²) in [6.07, 6.45) is 6.72. The average molecular weight is 476 g/mol. The number of rotatable bonds is 11. The van der Waals surface area contributed by atoms with Gasteiger partial charge in [-0.3, -0.25) is 19.2 Å². The number of nitro groups is 1. The summed E-state index contributed by atoms with van der Waals surface area (Å²) in [6.45, 7) is 0.461. The van der Waals surface area contributed by atoms with Gasteiger partial charge in [-0.1, -0.05) is 37.5 Å². The molecule has 0 bridgehead atoms. The smallest absolute Gasteiger partial charge is 0.269 e. The summed E-state index contributed by atoms with van der Waals surface area (Å²) < 4.78 is 33.3. The SMILES string of the molecule is O=C(CN(c1ccc([N+](=O)[O-])cc1)S(=O)(=O)c1ccccc1)NCCCOC1CCCCC1. The Morgan fingerprint density at radius 1 is 1.06 bits per heavy atom. The maximum atomic E-state index is 13.2. The van der Waals surface area contributed by atoms with Gasteiger partial charge in [-0.25, -0.2) is 8.42 Å². The van der Waals surface area contributed by atoms with E-state index in [4.69, 9.17) is 4.74 Å². The number of hydrogen-bond donors (Lipinski definition) is 1. The van der Waals surface area contributed by atoms with Crippen LogP contribution in [0.1, 0.15) is 38.5 Å². The lowest BCUT2D eigenvalue weighted by Gasteiger charge is -2.24. The van der Waals surface area contributed by atoms with Crippen LogP contribution in [0.25, 0.3) is 0 Å². The molecule has 0 radical (unpaired) electrons. The quantitative estimate of drug-likeness (QED) is 0.301. The monoisotopic (exact) mass is 475 g/mol. The molecule has 1 amide bonds. The standard InChI is InChI=1S/C23H29N3O6S/c27-23(24-16-7-17-32-21-8-3-1-4-9-21)18-25(19-12-14-20(15-13-19)26(28)29)33(30,31)22-10-5-2-6-11-22/h2,5-6,10-15,21H,1,3-4,7-9,16-18H2,(H,24,27). The van der Waals surface area contributed by atoms with Gasteiger partial charge in [-0.2, -0.15) is 0 Å². The van der Waals surface area contributed by atoms with Gasteiger partial charge in [0.05, 0.1) is 21.6 Å². The summed E-state index contributed by atoms with van der Waals surface area (Å²) in [6, 6.07) is 12.8. The van der Waals surface area contributed by atoms with Gasteiger partial charge in [0.2, 0.25) is 5.91 Å². The van der Waals surface area contributed by atoms with Gasteiger partial charge in [-0.15, -0.1) is 0 Å². The molecule has 0 saturated heterocycles. The molecule has 2 aromatic carbocycles. The minimum absolute atomic E-state index is 0.0250. The molecule has 1 aliphatic carbocycles. The average Bonchev–Trinajstić information content (AvgIpc) is 2.83. The summed E-state index contributed by atoms with van der Waals surface area (Å²) in [7, 11) is -4.05. The van der Waals surface area contributed by atoms with Crippen LogP contribution in [0, 0.1) is 10.1 Å². The molecular formula is C23H29N3O6S. The third-order valence-electron chi connectivity index (χ3n) is 5.52. The normalized spacial score (nSPS) is 14.5. The van der Waals surface area contributed by atoms with Crippen molar-refractivity contribution >= 4 is 27.3 Å². The molecule has 0 unspecified atom stereocenters. The van der Waals surface area contributed by atoms with Crippen molar-refractivity contribution in [3.8, 4) is 0 Å². The summed E-state index contributed by atoms with van der Waals surface area (Å²) in [5.74, 6) is -0.467. The highest BCUT2D eigenvalue weighted by Gasteiger charge is 2.27. The predicted molar refractivity (Wildman–Crippen MR) is 125 cm³/mol. The first-order valence-corrected chi connectivity index (χ1v) is 12.5. The van der Waals surface area contributed by atoms with Crippen molar-refractivity contribution < 1.29 is 22.9 Å². The second-order valence-corrected chi connectivity index (χ2v) is 9.79. The Morgan fingerprint density at radius 3 is 2.36 bits per heavy atom. The molecular weight excluding hydrogens is 446 g/mol. The lowest BCUT2D eigenvalue weighted by molar-refractivity contribution is -0.384. The zero-order chi connectivity index (χ0) is 23.7. The van der Waals surface area contributed by atoms with Gasteiger partial charge in [0, 0.05) is 25.3 Å². The molecule has 0 heterocycles. The molecule has 1 aliphatic rings. The van der Waals surface area contributed by atoms with E-state index in [0.29, 0.717) is 25.7 Å². The molecule has 0 aliphatic heterocycles. The molecule has 2 aromatic rings. The van der Waals surface area contributed by atoms with Crippen LogP contribution in [-0.4, -0.2) is 45.0 Å². The van der Waals surface area contributed by atoms with Crippen LogP contribution in [0.3, 0.4) is 0 Å². The first-order chi connectivity index (χ1) is 15.9. The molecule has 1 saturated carbocycles. The van der Waals surface area contributed by atoms with E-state index in [2.05, 4.69) is 5.32 Å². The highest BCUT2D eigenvalue weighted by molar-refractivity contribution is 7.92. The lowest BCUT2D eigenvalue weighted by Crippen LogP contribution is -2.41. The number of benzene rings is 2. The van der Waals surface area contributed by atoms with Gasteiger partial charge in [0.1, 0.15) is 6.54 Å². The Bertz CT molecular complexity index is 1020. The zero-order valence-electron chi connectivity index (χ0n) is 18.4. The van der Waals surface area contributed by atoms with Crippen molar-refractivity contribution in [1.29, 1.82) is 0 Å². The molecule has 9 nitrogen and oxygen atoms in total. The number of nitrogens with zero attached hydrogens (tertiary/aromatic N) is 2. The van der Waals surface area contributed by atoms with E-state index in [1.54, 1.807) is 18.2 Å². The van der Waals surface area contributed by atoms with E-state index < -0.39 is 27.4 Å². The lowest BCUT2D eigenvalue weighted by atomic mass is 9.98. The molecule has 3 rings (SSSR count). The molecule has 0 aromatic heterocycles. The van der Waals surface area contributed by atoms with Gasteiger partial charge in [-0.05, 0) is 43.5 Å². The fraction of sp³-hybridized carbons (Fsp3) is 0.435. The van der Waals surface area contributed by atoms with Crippen LogP contribution in [0.15, 0.2) is 59.5 Å². The van der Waals surface area contributed by atoms with Gasteiger partial charge in [0.15, 0.2) is 0 Å². The van der Waals surface area contributed by atoms with Crippen LogP contribution < -0.4 is 9.62 Å². The second-order valence-electron chi connectivity index (χ2n) is 7.93. The topological polar surface area (TPSA) is 119 Å². The highest BCUT2D eigenvalue weighted by Crippen LogP contribution is 2.25. The van der Waals surface area contributed by atoms with Crippen LogP contribution in [0.5, 0.6) is 0 Å². The number of carbonyl (C=O) groups excluding carboxylic acids is 1. The number of hydrogen-bond acceptors (Lipinski definition) is 6. The van der Waals surface area contributed by atoms with Crippen molar-refractivity contribution in [2.75, 3.05) is 24.0 Å². The van der Waals surface area contributed by atoms with E-state index in [1.165, 1.54) is 55.7 Å². The number of amides is 1. The van der Waals surface area contributed by atoms with Crippen LogP contribution in [0.2, 0.25) is 0 Å². The van der Waals surface area contributed by atoms with Crippen LogP contribution in [-0.2, 0) is 19.6 Å². The maximum Gasteiger partial charge on any atom is 0.269 e. The summed E-state index contributed by atoms with van der Waals surface area (Å²) >= 11 is 0. The van der Waals surface area contributed by atoms with Gasteiger partial charge in [0.25, 0.3) is 15.7 Å². The Balaban J connectivity index is 1.63. The summed E-state index contributed by atoms with van der Waals surface area (Å²) in [5.41, 5.74) is -0.00142. The molecule has 178 valence electrons. The molecule has 1 N–H and O–H groups in total. The minimum Gasteiger partial charge on any atom is -0.378 e.